The Morgan fingerprint density at radius 1 is 1.33 bits per heavy atom. The van der Waals surface area contributed by atoms with Gasteiger partial charge in [-0.05, 0) is 16.7 Å². The molecular formula is C15H18O3. The molecule has 0 bridgehead atoms. The van der Waals surface area contributed by atoms with E-state index in [9.17, 15) is 4.79 Å². The molecule has 0 aliphatic heterocycles. The lowest BCUT2D eigenvalue weighted by atomic mass is 9.99. The summed E-state index contributed by atoms with van der Waals surface area (Å²) in [4.78, 5) is 11.2. The quantitative estimate of drug-likeness (QED) is 0.769. The van der Waals surface area contributed by atoms with Gasteiger partial charge in [0.1, 0.15) is 0 Å². The zero-order valence-corrected chi connectivity index (χ0v) is 11.0. The van der Waals surface area contributed by atoms with Gasteiger partial charge < -0.3 is 9.47 Å². The number of fused-ring (bicyclic) bond motifs is 1. The second kappa shape index (κ2) is 5.36. The average molecular weight is 246 g/mol. The van der Waals surface area contributed by atoms with E-state index in [0.29, 0.717) is 6.42 Å². The Bertz CT molecular complexity index is 476. The van der Waals surface area contributed by atoms with Crippen LogP contribution in [0, 0.1) is 5.92 Å². The molecule has 0 aromatic heterocycles. The minimum atomic E-state index is -0.215. The van der Waals surface area contributed by atoms with Crippen molar-refractivity contribution in [2.75, 3.05) is 14.2 Å². The molecule has 18 heavy (non-hydrogen) atoms. The van der Waals surface area contributed by atoms with Gasteiger partial charge in [-0.15, -0.1) is 0 Å². The van der Waals surface area contributed by atoms with E-state index >= 15 is 0 Å². The van der Waals surface area contributed by atoms with Crippen molar-refractivity contribution in [2.24, 2.45) is 5.92 Å². The predicted octanol–water partition coefficient (Wildman–Crippen LogP) is 2.97. The molecule has 1 aliphatic rings. The number of ether oxygens (including phenoxy) is 2. The largest absolute Gasteiger partial charge is 0.469 e. The summed E-state index contributed by atoms with van der Waals surface area (Å²) in [5.41, 5.74) is 3.55. The highest BCUT2D eigenvalue weighted by Gasteiger charge is 2.33. The molecule has 0 heterocycles. The van der Waals surface area contributed by atoms with E-state index in [-0.39, 0.29) is 18.0 Å². The summed E-state index contributed by atoms with van der Waals surface area (Å²) in [5, 5.41) is 0. The Balaban J connectivity index is 2.34. The van der Waals surface area contributed by atoms with E-state index in [1.807, 2.05) is 18.2 Å². The second-order valence-corrected chi connectivity index (χ2v) is 4.47. The molecular weight excluding hydrogens is 228 g/mol. The highest BCUT2D eigenvalue weighted by molar-refractivity contribution is 5.79. The summed E-state index contributed by atoms with van der Waals surface area (Å²) >= 11 is 0. The summed E-state index contributed by atoms with van der Waals surface area (Å²) in [5.74, 6) is 0.0464. The normalized spacial score (nSPS) is 24.1. The van der Waals surface area contributed by atoms with Gasteiger partial charge in [-0.1, -0.05) is 37.3 Å². The fraction of sp³-hybridized carbons (Fsp3) is 0.400. The topological polar surface area (TPSA) is 35.5 Å². The maximum Gasteiger partial charge on any atom is 0.309 e. The third-order valence-electron chi connectivity index (χ3n) is 3.49. The highest BCUT2D eigenvalue weighted by atomic mass is 16.5. The fourth-order valence-electron chi connectivity index (χ4n) is 2.59. The van der Waals surface area contributed by atoms with E-state index in [1.165, 1.54) is 23.8 Å². The molecule has 1 aliphatic carbocycles. The number of hydrogen-bond donors (Lipinski definition) is 0. The maximum atomic E-state index is 11.2. The van der Waals surface area contributed by atoms with E-state index < -0.39 is 0 Å². The van der Waals surface area contributed by atoms with Crippen LogP contribution in [-0.4, -0.2) is 20.2 Å². The monoisotopic (exact) mass is 246 g/mol. The van der Waals surface area contributed by atoms with Crippen molar-refractivity contribution in [3.8, 4) is 0 Å². The molecule has 2 unspecified atom stereocenters. The van der Waals surface area contributed by atoms with Crippen LogP contribution in [0.15, 0.2) is 30.3 Å². The van der Waals surface area contributed by atoms with Crippen LogP contribution in [-0.2, 0) is 14.3 Å². The first-order valence-electron chi connectivity index (χ1n) is 6.08. The number of methoxy groups -OCH3 is 2. The molecule has 96 valence electrons. The van der Waals surface area contributed by atoms with Gasteiger partial charge in [0.25, 0.3) is 0 Å². The number of rotatable bonds is 3. The molecule has 2 atom stereocenters. The van der Waals surface area contributed by atoms with Crippen LogP contribution in [0.3, 0.4) is 0 Å². The SMILES string of the molecule is COC(=O)C/C=C1\c2ccccc2C(OC)C1C. The zero-order valence-electron chi connectivity index (χ0n) is 11.0. The minimum Gasteiger partial charge on any atom is -0.469 e. The average Bonchev–Trinajstić information content (AvgIpc) is 2.67. The standard InChI is InChI=1S/C15H18O3/c1-10-11(8-9-14(16)17-2)12-6-4-5-7-13(12)15(10)18-3/h4-8,10,15H,9H2,1-3H3/b11-8-. The molecule has 0 saturated carbocycles. The summed E-state index contributed by atoms with van der Waals surface area (Å²) in [6, 6.07) is 8.18. The van der Waals surface area contributed by atoms with Crippen LogP contribution >= 0.6 is 0 Å². The van der Waals surface area contributed by atoms with Crippen LogP contribution in [0.4, 0.5) is 0 Å². The number of carbonyl (C=O) groups excluding carboxylic acids is 1. The molecule has 3 heteroatoms. The van der Waals surface area contributed by atoms with Crippen molar-refractivity contribution in [1.82, 2.24) is 0 Å². The van der Waals surface area contributed by atoms with Crippen molar-refractivity contribution in [3.63, 3.8) is 0 Å². The van der Waals surface area contributed by atoms with Crippen LogP contribution < -0.4 is 0 Å². The van der Waals surface area contributed by atoms with E-state index in [2.05, 4.69) is 23.8 Å². The number of carbonyl (C=O) groups is 1. The molecule has 2 rings (SSSR count). The van der Waals surface area contributed by atoms with Crippen molar-refractivity contribution in [1.29, 1.82) is 0 Å². The van der Waals surface area contributed by atoms with Crippen molar-refractivity contribution >= 4 is 11.5 Å². The Morgan fingerprint density at radius 2 is 2.06 bits per heavy atom. The van der Waals surface area contributed by atoms with Gasteiger partial charge in [0.05, 0.1) is 19.6 Å². The Kier molecular flexibility index (Phi) is 3.82. The molecule has 3 nitrogen and oxygen atoms in total. The molecule has 0 N–H and O–H groups in total. The molecule has 0 radical (unpaired) electrons. The smallest absolute Gasteiger partial charge is 0.309 e. The first-order valence-corrected chi connectivity index (χ1v) is 6.08. The number of hydrogen-bond acceptors (Lipinski definition) is 3. The lowest BCUT2D eigenvalue weighted by Crippen LogP contribution is -2.05. The van der Waals surface area contributed by atoms with Gasteiger partial charge >= 0.3 is 5.97 Å². The molecule has 0 spiro atoms. The van der Waals surface area contributed by atoms with E-state index in [4.69, 9.17) is 4.74 Å². The lowest BCUT2D eigenvalue weighted by molar-refractivity contribution is -0.139. The Hall–Kier alpha value is -1.61. The van der Waals surface area contributed by atoms with Gasteiger partial charge in [-0.3, -0.25) is 4.79 Å². The minimum absolute atomic E-state index is 0.0742. The van der Waals surface area contributed by atoms with E-state index in [0.717, 1.165) is 0 Å². The molecule has 0 saturated heterocycles. The number of esters is 1. The summed E-state index contributed by atoms with van der Waals surface area (Å²) < 4.78 is 10.2. The van der Waals surface area contributed by atoms with E-state index in [1.54, 1.807) is 7.11 Å². The number of benzene rings is 1. The second-order valence-electron chi connectivity index (χ2n) is 4.47. The Morgan fingerprint density at radius 3 is 2.72 bits per heavy atom. The van der Waals surface area contributed by atoms with Crippen LogP contribution in [0.25, 0.3) is 5.57 Å². The molecule has 0 amide bonds. The third-order valence-corrected chi connectivity index (χ3v) is 3.49. The molecule has 1 aromatic carbocycles. The highest BCUT2D eigenvalue weighted by Crippen LogP contribution is 2.45. The van der Waals surface area contributed by atoms with Gasteiger partial charge in [0.2, 0.25) is 0 Å². The molecule has 1 aromatic rings. The third kappa shape index (κ3) is 2.18. The van der Waals surface area contributed by atoms with Crippen molar-refractivity contribution in [2.45, 2.75) is 19.4 Å². The van der Waals surface area contributed by atoms with Gasteiger partial charge in [0.15, 0.2) is 0 Å². The van der Waals surface area contributed by atoms with Crippen LogP contribution in [0.1, 0.15) is 30.6 Å². The Labute approximate surface area is 107 Å². The van der Waals surface area contributed by atoms with Crippen LogP contribution in [0.5, 0.6) is 0 Å². The van der Waals surface area contributed by atoms with Crippen molar-refractivity contribution < 1.29 is 14.3 Å². The fourth-order valence-corrected chi connectivity index (χ4v) is 2.59. The maximum absolute atomic E-state index is 11.2. The van der Waals surface area contributed by atoms with Gasteiger partial charge in [-0.2, -0.15) is 0 Å². The van der Waals surface area contributed by atoms with Crippen molar-refractivity contribution in [3.05, 3.63) is 41.5 Å². The summed E-state index contributed by atoms with van der Waals surface area (Å²) in [6.07, 6.45) is 2.33. The van der Waals surface area contributed by atoms with Gasteiger partial charge in [-0.25, -0.2) is 0 Å². The first kappa shape index (κ1) is 12.8. The van der Waals surface area contributed by atoms with Crippen LogP contribution in [0.2, 0.25) is 0 Å². The lowest BCUT2D eigenvalue weighted by Gasteiger charge is -2.15. The zero-order chi connectivity index (χ0) is 13.1. The predicted molar refractivity (Wildman–Crippen MR) is 70.0 cm³/mol. The summed E-state index contributed by atoms with van der Waals surface area (Å²) in [6.45, 7) is 2.12. The summed E-state index contributed by atoms with van der Waals surface area (Å²) in [7, 11) is 3.13. The molecule has 0 fully saturated rings. The van der Waals surface area contributed by atoms with Gasteiger partial charge in [0, 0.05) is 13.0 Å². The first-order chi connectivity index (χ1) is 8.69.